The van der Waals surface area contributed by atoms with Crippen LogP contribution in [-0.2, 0) is 0 Å². The molecule has 0 bridgehead atoms. The fraction of sp³-hybridized carbons (Fsp3) is 0.333. The Balaban J connectivity index is 2.11. The molecule has 0 aliphatic carbocycles. The number of nitrogens with one attached hydrogen (secondary N) is 2. The molecule has 0 fully saturated rings. The van der Waals surface area contributed by atoms with Gasteiger partial charge in [0, 0.05) is 5.56 Å². The van der Waals surface area contributed by atoms with Gasteiger partial charge in [0.1, 0.15) is 5.69 Å². The van der Waals surface area contributed by atoms with E-state index in [9.17, 15) is 9.90 Å². The number of H-pyrrole nitrogens is 1. The van der Waals surface area contributed by atoms with Crippen molar-refractivity contribution in [2.24, 2.45) is 5.92 Å². The zero-order valence-electron chi connectivity index (χ0n) is 11.6. The molecule has 0 spiro atoms. The summed E-state index contributed by atoms with van der Waals surface area (Å²) in [4.78, 5) is 12.1. The number of aromatic amines is 1. The summed E-state index contributed by atoms with van der Waals surface area (Å²) in [6.45, 7) is 3.82. The van der Waals surface area contributed by atoms with Crippen LogP contribution in [0.2, 0.25) is 0 Å². The van der Waals surface area contributed by atoms with Crippen molar-refractivity contribution in [2.75, 3.05) is 6.61 Å². The van der Waals surface area contributed by atoms with E-state index in [1.165, 1.54) is 0 Å². The van der Waals surface area contributed by atoms with Gasteiger partial charge in [-0.3, -0.25) is 9.89 Å². The Bertz CT molecular complexity index is 564. The minimum Gasteiger partial charge on any atom is -0.394 e. The van der Waals surface area contributed by atoms with E-state index in [1.807, 2.05) is 44.2 Å². The third kappa shape index (κ3) is 3.24. The maximum absolute atomic E-state index is 12.1. The Hall–Kier alpha value is -2.14. The Morgan fingerprint density at radius 2 is 2.05 bits per heavy atom. The van der Waals surface area contributed by atoms with Crippen LogP contribution in [0.1, 0.15) is 24.3 Å². The molecule has 0 aliphatic rings. The molecule has 0 radical (unpaired) electrons. The second-order valence-electron chi connectivity index (χ2n) is 5.04. The quantitative estimate of drug-likeness (QED) is 0.777. The number of amides is 1. The van der Waals surface area contributed by atoms with Gasteiger partial charge in [0.25, 0.3) is 5.91 Å². The fourth-order valence-electron chi connectivity index (χ4n) is 1.86. The monoisotopic (exact) mass is 273 g/mol. The van der Waals surface area contributed by atoms with Crippen molar-refractivity contribution in [1.29, 1.82) is 0 Å². The summed E-state index contributed by atoms with van der Waals surface area (Å²) in [5, 5.41) is 18.9. The highest BCUT2D eigenvalue weighted by Gasteiger charge is 2.17. The molecule has 0 aliphatic heterocycles. The SMILES string of the molecule is CC(C)[C@@H](CO)NC(=O)c1cc(-c2ccccc2)n[nH]1. The highest BCUT2D eigenvalue weighted by Crippen LogP contribution is 2.17. The number of hydrogen-bond donors (Lipinski definition) is 3. The smallest absolute Gasteiger partial charge is 0.269 e. The number of carbonyl (C=O) groups excluding carboxylic acids is 1. The van der Waals surface area contributed by atoms with E-state index in [2.05, 4.69) is 15.5 Å². The van der Waals surface area contributed by atoms with Crippen LogP contribution >= 0.6 is 0 Å². The molecule has 1 heterocycles. The average Bonchev–Trinajstić information content (AvgIpc) is 2.95. The van der Waals surface area contributed by atoms with Crippen LogP contribution in [0.4, 0.5) is 0 Å². The zero-order chi connectivity index (χ0) is 14.5. The van der Waals surface area contributed by atoms with E-state index in [4.69, 9.17) is 0 Å². The first-order valence-electron chi connectivity index (χ1n) is 6.64. The standard InChI is InChI=1S/C15H19N3O2/c1-10(2)14(9-19)16-15(20)13-8-12(17-18-13)11-6-4-3-5-7-11/h3-8,10,14,19H,9H2,1-2H3,(H,16,20)(H,17,18)/t14-/m1/s1. The summed E-state index contributed by atoms with van der Waals surface area (Å²) in [5.41, 5.74) is 2.06. The van der Waals surface area contributed by atoms with Gasteiger partial charge < -0.3 is 10.4 Å². The lowest BCUT2D eigenvalue weighted by Crippen LogP contribution is -2.41. The van der Waals surface area contributed by atoms with E-state index in [0.29, 0.717) is 5.69 Å². The van der Waals surface area contributed by atoms with Crippen LogP contribution < -0.4 is 5.32 Å². The minimum atomic E-state index is -0.258. The van der Waals surface area contributed by atoms with Gasteiger partial charge in [-0.05, 0) is 12.0 Å². The van der Waals surface area contributed by atoms with Crippen molar-refractivity contribution in [3.63, 3.8) is 0 Å². The second-order valence-corrected chi connectivity index (χ2v) is 5.04. The molecule has 106 valence electrons. The molecule has 3 N–H and O–H groups in total. The lowest BCUT2D eigenvalue weighted by atomic mass is 10.1. The van der Waals surface area contributed by atoms with Crippen molar-refractivity contribution in [1.82, 2.24) is 15.5 Å². The molecule has 1 amide bonds. The topological polar surface area (TPSA) is 78.0 Å². The molecule has 0 unspecified atom stereocenters. The molecule has 5 heteroatoms. The first-order valence-corrected chi connectivity index (χ1v) is 6.64. The highest BCUT2D eigenvalue weighted by molar-refractivity contribution is 5.93. The molecule has 1 aromatic heterocycles. The zero-order valence-corrected chi connectivity index (χ0v) is 11.6. The Kier molecular flexibility index (Phi) is 4.53. The summed E-state index contributed by atoms with van der Waals surface area (Å²) in [5.74, 6) is -0.0899. The van der Waals surface area contributed by atoms with E-state index in [1.54, 1.807) is 6.07 Å². The summed E-state index contributed by atoms with van der Waals surface area (Å²) in [6, 6.07) is 11.1. The predicted octanol–water partition coefficient (Wildman–Crippen LogP) is 1.82. The summed E-state index contributed by atoms with van der Waals surface area (Å²) >= 11 is 0. The summed E-state index contributed by atoms with van der Waals surface area (Å²) < 4.78 is 0. The van der Waals surface area contributed by atoms with Gasteiger partial charge in [-0.15, -0.1) is 0 Å². The lowest BCUT2D eigenvalue weighted by molar-refractivity contribution is 0.0892. The first kappa shape index (κ1) is 14.3. The van der Waals surface area contributed by atoms with Crippen LogP contribution in [0.25, 0.3) is 11.3 Å². The maximum atomic E-state index is 12.1. The molecule has 5 nitrogen and oxygen atoms in total. The van der Waals surface area contributed by atoms with Gasteiger partial charge in [-0.2, -0.15) is 5.10 Å². The molecule has 1 atom stereocenters. The number of nitrogens with zero attached hydrogens (tertiary/aromatic N) is 1. The molecule has 0 saturated carbocycles. The first-order chi connectivity index (χ1) is 9.61. The summed E-state index contributed by atoms with van der Waals surface area (Å²) in [7, 11) is 0. The van der Waals surface area contributed by atoms with Gasteiger partial charge in [0.05, 0.1) is 18.3 Å². The molecule has 2 aromatic rings. The number of aromatic nitrogens is 2. The van der Waals surface area contributed by atoms with Crippen LogP contribution in [-0.4, -0.2) is 33.9 Å². The minimum absolute atomic E-state index is 0.0803. The lowest BCUT2D eigenvalue weighted by Gasteiger charge is -2.19. The van der Waals surface area contributed by atoms with E-state index >= 15 is 0 Å². The van der Waals surface area contributed by atoms with Crippen LogP contribution in [0, 0.1) is 5.92 Å². The second kappa shape index (κ2) is 6.34. The van der Waals surface area contributed by atoms with Gasteiger partial charge in [0.15, 0.2) is 0 Å². The Morgan fingerprint density at radius 3 is 2.65 bits per heavy atom. The van der Waals surface area contributed by atoms with Crippen LogP contribution in [0.15, 0.2) is 36.4 Å². The van der Waals surface area contributed by atoms with E-state index in [0.717, 1.165) is 11.3 Å². The number of aliphatic hydroxyl groups is 1. The molecule has 2 rings (SSSR count). The normalized spacial score (nSPS) is 12.4. The number of hydrogen-bond acceptors (Lipinski definition) is 3. The summed E-state index contributed by atoms with van der Waals surface area (Å²) in [6.07, 6.45) is 0. The van der Waals surface area contributed by atoms with Gasteiger partial charge in [-0.25, -0.2) is 0 Å². The van der Waals surface area contributed by atoms with Crippen LogP contribution in [0.5, 0.6) is 0 Å². The van der Waals surface area contributed by atoms with Crippen molar-refractivity contribution in [3.05, 3.63) is 42.1 Å². The molecule has 0 saturated heterocycles. The third-order valence-electron chi connectivity index (χ3n) is 3.21. The fourth-order valence-corrected chi connectivity index (χ4v) is 1.86. The van der Waals surface area contributed by atoms with Gasteiger partial charge in [-0.1, -0.05) is 44.2 Å². The predicted molar refractivity (Wildman–Crippen MR) is 77.2 cm³/mol. The van der Waals surface area contributed by atoms with Crippen molar-refractivity contribution >= 4 is 5.91 Å². The van der Waals surface area contributed by atoms with Crippen LogP contribution in [0.3, 0.4) is 0 Å². The average molecular weight is 273 g/mol. The number of carbonyl (C=O) groups is 1. The largest absolute Gasteiger partial charge is 0.394 e. The molecular formula is C15H19N3O2. The van der Waals surface area contributed by atoms with E-state index in [-0.39, 0.29) is 24.5 Å². The van der Waals surface area contributed by atoms with Crippen molar-refractivity contribution in [3.8, 4) is 11.3 Å². The molecule has 1 aromatic carbocycles. The number of rotatable bonds is 5. The van der Waals surface area contributed by atoms with Crippen molar-refractivity contribution < 1.29 is 9.90 Å². The van der Waals surface area contributed by atoms with Gasteiger partial charge in [0.2, 0.25) is 0 Å². The maximum Gasteiger partial charge on any atom is 0.269 e. The Morgan fingerprint density at radius 1 is 1.35 bits per heavy atom. The van der Waals surface area contributed by atoms with E-state index < -0.39 is 0 Å². The van der Waals surface area contributed by atoms with Gasteiger partial charge >= 0.3 is 0 Å². The third-order valence-corrected chi connectivity index (χ3v) is 3.21. The molecular weight excluding hydrogens is 254 g/mol. The molecule has 20 heavy (non-hydrogen) atoms. The Labute approximate surface area is 118 Å². The number of benzene rings is 1. The van der Waals surface area contributed by atoms with Crippen molar-refractivity contribution in [2.45, 2.75) is 19.9 Å². The highest BCUT2D eigenvalue weighted by atomic mass is 16.3. The number of aliphatic hydroxyl groups excluding tert-OH is 1.